The molecule has 0 amide bonds. The van der Waals surface area contributed by atoms with Gasteiger partial charge in [-0.3, -0.25) is 9.59 Å². The Morgan fingerprint density at radius 2 is 1.77 bits per heavy atom. The Morgan fingerprint density at radius 3 is 2.31 bits per heavy atom. The van der Waals surface area contributed by atoms with E-state index in [1.54, 1.807) is 0 Å². The first-order chi connectivity index (χ1) is 6.25. The predicted octanol–water partition coefficient (Wildman–Crippen LogP) is 0.961. The summed E-state index contributed by atoms with van der Waals surface area (Å²) in [7, 11) is 0. The predicted molar refractivity (Wildman–Crippen MR) is 46.3 cm³/mol. The van der Waals surface area contributed by atoms with E-state index in [4.69, 9.17) is 4.74 Å². The summed E-state index contributed by atoms with van der Waals surface area (Å²) in [6.45, 7) is 1.54. The van der Waals surface area contributed by atoms with Gasteiger partial charge in [0.05, 0.1) is 6.42 Å². The van der Waals surface area contributed by atoms with Crippen LogP contribution in [0.2, 0.25) is 0 Å². The number of rotatable bonds is 1. The van der Waals surface area contributed by atoms with Crippen LogP contribution in [0.4, 0.5) is 0 Å². The summed E-state index contributed by atoms with van der Waals surface area (Å²) in [5.74, 6) is 0.964. The molecule has 0 aromatic carbocycles. The van der Waals surface area contributed by atoms with Crippen molar-refractivity contribution in [2.75, 3.05) is 13.2 Å². The normalized spacial score (nSPS) is 31.2. The highest BCUT2D eigenvalue weighted by atomic mass is 16.5. The van der Waals surface area contributed by atoms with Crippen LogP contribution < -0.4 is 0 Å². The van der Waals surface area contributed by atoms with Gasteiger partial charge in [-0.1, -0.05) is 0 Å². The van der Waals surface area contributed by atoms with Crippen LogP contribution >= 0.6 is 0 Å². The Bertz CT molecular complexity index is 212. The minimum atomic E-state index is 0.119. The molecule has 1 saturated heterocycles. The Balaban J connectivity index is 1.97. The highest BCUT2D eigenvalue weighted by Gasteiger charge is 2.33. The van der Waals surface area contributed by atoms with Crippen LogP contribution in [0.1, 0.15) is 25.7 Å². The van der Waals surface area contributed by atoms with Gasteiger partial charge in [0, 0.05) is 26.1 Å². The van der Waals surface area contributed by atoms with Crippen molar-refractivity contribution in [2.45, 2.75) is 25.7 Å². The van der Waals surface area contributed by atoms with E-state index in [-0.39, 0.29) is 23.9 Å². The van der Waals surface area contributed by atoms with E-state index in [1.807, 2.05) is 0 Å². The van der Waals surface area contributed by atoms with Gasteiger partial charge in [0.2, 0.25) is 0 Å². The molecule has 3 nitrogen and oxygen atoms in total. The molecule has 0 radical (unpaired) electrons. The Labute approximate surface area is 77.4 Å². The summed E-state index contributed by atoms with van der Waals surface area (Å²) in [5.41, 5.74) is 0. The van der Waals surface area contributed by atoms with Crippen molar-refractivity contribution < 1.29 is 14.3 Å². The van der Waals surface area contributed by atoms with E-state index in [0.717, 1.165) is 19.6 Å². The van der Waals surface area contributed by atoms with Gasteiger partial charge in [-0.2, -0.15) is 0 Å². The molecule has 0 spiro atoms. The molecule has 1 aliphatic carbocycles. The van der Waals surface area contributed by atoms with Gasteiger partial charge in [0.25, 0.3) is 0 Å². The zero-order valence-corrected chi connectivity index (χ0v) is 7.62. The highest BCUT2D eigenvalue weighted by Crippen LogP contribution is 2.31. The fourth-order valence-electron chi connectivity index (χ4n) is 2.28. The second-order valence-electron chi connectivity index (χ2n) is 4.05. The molecule has 2 rings (SSSR count). The summed E-state index contributed by atoms with van der Waals surface area (Å²) in [6, 6.07) is 0. The maximum Gasteiger partial charge on any atom is 0.140 e. The summed E-state index contributed by atoms with van der Waals surface area (Å²) in [4.78, 5) is 22.4. The molecule has 2 fully saturated rings. The third kappa shape index (κ3) is 1.97. The topological polar surface area (TPSA) is 43.4 Å². The average Bonchev–Trinajstić information content (AvgIpc) is 2.53. The lowest BCUT2D eigenvalue weighted by Gasteiger charge is -2.24. The molecule has 0 unspecified atom stereocenters. The number of carbonyl (C=O) groups excluding carboxylic acids is 2. The minimum Gasteiger partial charge on any atom is -0.381 e. The van der Waals surface area contributed by atoms with E-state index < -0.39 is 0 Å². The maximum atomic E-state index is 11.2. The summed E-state index contributed by atoms with van der Waals surface area (Å²) < 4.78 is 5.26. The van der Waals surface area contributed by atoms with Crippen molar-refractivity contribution in [3.8, 4) is 0 Å². The quantitative estimate of drug-likeness (QED) is 0.567. The van der Waals surface area contributed by atoms with Crippen LogP contribution in [0.25, 0.3) is 0 Å². The molecule has 1 aliphatic heterocycles. The molecule has 1 saturated carbocycles. The van der Waals surface area contributed by atoms with Gasteiger partial charge in [-0.05, 0) is 18.3 Å². The fraction of sp³-hybridized carbons (Fsp3) is 0.800. The molecular formula is C10H14O3. The number of hydrogen-bond donors (Lipinski definition) is 0. The van der Waals surface area contributed by atoms with Crippen molar-refractivity contribution >= 4 is 11.6 Å². The minimum absolute atomic E-state index is 0.119. The lowest BCUT2D eigenvalue weighted by Crippen LogP contribution is -2.28. The Hall–Kier alpha value is -0.700. The van der Waals surface area contributed by atoms with E-state index in [9.17, 15) is 9.59 Å². The van der Waals surface area contributed by atoms with Crippen LogP contribution in [-0.2, 0) is 14.3 Å². The molecule has 3 heteroatoms. The average molecular weight is 182 g/mol. The van der Waals surface area contributed by atoms with Gasteiger partial charge in [0.1, 0.15) is 11.6 Å². The van der Waals surface area contributed by atoms with Crippen molar-refractivity contribution in [1.82, 2.24) is 0 Å². The van der Waals surface area contributed by atoms with Crippen molar-refractivity contribution in [3.05, 3.63) is 0 Å². The molecule has 1 heterocycles. The van der Waals surface area contributed by atoms with Crippen LogP contribution in [0.5, 0.6) is 0 Å². The maximum absolute atomic E-state index is 11.2. The van der Waals surface area contributed by atoms with Crippen molar-refractivity contribution in [3.63, 3.8) is 0 Å². The fourth-order valence-corrected chi connectivity index (χ4v) is 2.28. The van der Waals surface area contributed by atoms with Gasteiger partial charge in [0.15, 0.2) is 0 Å². The van der Waals surface area contributed by atoms with Crippen LogP contribution in [-0.4, -0.2) is 24.8 Å². The number of Topliss-reactive ketones (excluding diaryl/α,β-unsaturated/α-hetero) is 2. The Morgan fingerprint density at radius 1 is 1.08 bits per heavy atom. The molecule has 13 heavy (non-hydrogen) atoms. The molecule has 0 aromatic heterocycles. The first kappa shape index (κ1) is 8.88. The third-order valence-electron chi connectivity index (χ3n) is 3.01. The summed E-state index contributed by atoms with van der Waals surface area (Å²) >= 11 is 0. The van der Waals surface area contributed by atoms with Gasteiger partial charge >= 0.3 is 0 Å². The third-order valence-corrected chi connectivity index (χ3v) is 3.01. The molecule has 72 valence electrons. The smallest absolute Gasteiger partial charge is 0.140 e. The molecule has 0 bridgehead atoms. The molecule has 1 atom stereocenters. The number of ketones is 2. The van der Waals surface area contributed by atoms with E-state index in [2.05, 4.69) is 0 Å². The van der Waals surface area contributed by atoms with Crippen LogP contribution in [0.15, 0.2) is 0 Å². The first-order valence-electron chi connectivity index (χ1n) is 4.87. The van der Waals surface area contributed by atoms with E-state index in [1.165, 1.54) is 0 Å². The van der Waals surface area contributed by atoms with Crippen molar-refractivity contribution in [2.24, 2.45) is 11.8 Å². The summed E-state index contributed by atoms with van der Waals surface area (Å²) in [6.07, 6.45) is 2.38. The zero-order chi connectivity index (χ0) is 9.26. The van der Waals surface area contributed by atoms with Crippen LogP contribution in [0.3, 0.4) is 0 Å². The lowest BCUT2D eigenvalue weighted by molar-refractivity contribution is -0.132. The van der Waals surface area contributed by atoms with Crippen LogP contribution in [0, 0.1) is 11.8 Å². The number of carbonyl (C=O) groups is 2. The highest BCUT2D eigenvalue weighted by molar-refractivity contribution is 6.01. The number of ether oxygens (including phenoxy) is 1. The van der Waals surface area contributed by atoms with Crippen molar-refractivity contribution in [1.29, 1.82) is 0 Å². The standard InChI is InChI=1S/C10H14O3/c11-9-3-8(4-10(12)5-9)7-1-2-13-6-7/h7-8H,1-6H2/t7-/m0/s1. The number of hydrogen-bond acceptors (Lipinski definition) is 3. The lowest BCUT2D eigenvalue weighted by atomic mass is 9.78. The molecule has 0 aromatic rings. The second-order valence-corrected chi connectivity index (χ2v) is 4.05. The first-order valence-corrected chi connectivity index (χ1v) is 4.87. The second kappa shape index (κ2) is 3.58. The molecule has 0 N–H and O–H groups in total. The zero-order valence-electron chi connectivity index (χ0n) is 7.62. The van der Waals surface area contributed by atoms with E-state index in [0.29, 0.717) is 18.8 Å². The summed E-state index contributed by atoms with van der Waals surface area (Å²) in [5, 5.41) is 0. The largest absolute Gasteiger partial charge is 0.381 e. The Kier molecular flexibility index (Phi) is 2.44. The van der Waals surface area contributed by atoms with E-state index >= 15 is 0 Å². The monoisotopic (exact) mass is 182 g/mol. The van der Waals surface area contributed by atoms with Gasteiger partial charge < -0.3 is 4.74 Å². The molecule has 2 aliphatic rings. The SMILES string of the molecule is O=C1CC(=O)CC([C@H]2CCOC2)C1. The van der Waals surface area contributed by atoms with Gasteiger partial charge in [-0.25, -0.2) is 0 Å². The van der Waals surface area contributed by atoms with Gasteiger partial charge in [-0.15, -0.1) is 0 Å². The molecular weight excluding hydrogens is 168 g/mol.